The van der Waals surface area contributed by atoms with Gasteiger partial charge in [-0.3, -0.25) is 0 Å². The van der Waals surface area contributed by atoms with Gasteiger partial charge >= 0.3 is 6.09 Å². The number of para-hydroxylation sites is 1. The van der Waals surface area contributed by atoms with E-state index in [0.29, 0.717) is 31.8 Å². The van der Waals surface area contributed by atoms with Crippen LogP contribution in [0.5, 0.6) is 11.6 Å². The molecule has 0 aliphatic carbocycles. The van der Waals surface area contributed by atoms with Crippen LogP contribution in [0.25, 0.3) is 0 Å². The summed E-state index contributed by atoms with van der Waals surface area (Å²) in [6.45, 7) is 0.960. The molecule has 0 saturated carbocycles. The minimum Gasteiger partial charge on any atom is -0.465 e. The highest BCUT2D eigenvalue weighted by Crippen LogP contribution is 2.35. The van der Waals surface area contributed by atoms with Crippen LogP contribution in [-0.2, 0) is 0 Å². The van der Waals surface area contributed by atoms with E-state index in [-0.39, 0.29) is 11.7 Å². The number of pyridine rings is 1. The zero-order valence-electron chi connectivity index (χ0n) is 12.5. The number of aromatic nitrogens is 1. The Morgan fingerprint density at radius 1 is 1.22 bits per heavy atom. The first-order chi connectivity index (χ1) is 11.1. The Kier molecular flexibility index (Phi) is 4.41. The Balaban J connectivity index is 1.79. The molecule has 0 radical (unpaired) electrons. The van der Waals surface area contributed by atoms with Gasteiger partial charge in [0.15, 0.2) is 11.6 Å². The van der Waals surface area contributed by atoms with Gasteiger partial charge in [0.1, 0.15) is 0 Å². The lowest BCUT2D eigenvalue weighted by atomic mass is 9.90. The maximum Gasteiger partial charge on any atom is 0.407 e. The molecule has 2 heterocycles. The van der Waals surface area contributed by atoms with Gasteiger partial charge in [0.25, 0.3) is 0 Å². The van der Waals surface area contributed by atoms with Crippen molar-refractivity contribution in [3.05, 3.63) is 54.0 Å². The molecule has 0 atom stereocenters. The maximum atomic E-state index is 13.8. The number of benzene rings is 1. The number of ether oxygens (including phenoxy) is 1. The predicted octanol–water partition coefficient (Wildman–Crippen LogP) is 3.87. The summed E-state index contributed by atoms with van der Waals surface area (Å²) in [5.41, 5.74) is 0.890. The van der Waals surface area contributed by atoms with E-state index in [1.165, 1.54) is 11.0 Å². The van der Waals surface area contributed by atoms with Gasteiger partial charge in [-0.25, -0.2) is 14.2 Å². The molecule has 23 heavy (non-hydrogen) atoms. The summed E-state index contributed by atoms with van der Waals surface area (Å²) < 4.78 is 19.4. The molecule has 0 unspecified atom stereocenters. The van der Waals surface area contributed by atoms with Gasteiger partial charge in [0, 0.05) is 24.8 Å². The van der Waals surface area contributed by atoms with E-state index in [1.54, 1.807) is 24.4 Å². The highest BCUT2D eigenvalue weighted by molar-refractivity contribution is 5.65. The molecule has 1 fully saturated rings. The van der Waals surface area contributed by atoms with E-state index in [0.717, 1.165) is 5.56 Å². The third kappa shape index (κ3) is 3.41. The second kappa shape index (κ2) is 6.64. The van der Waals surface area contributed by atoms with E-state index in [4.69, 9.17) is 9.84 Å². The molecule has 0 bridgehead atoms. The van der Waals surface area contributed by atoms with Crippen LogP contribution in [-0.4, -0.2) is 34.2 Å². The first kappa shape index (κ1) is 15.3. The van der Waals surface area contributed by atoms with E-state index < -0.39 is 11.9 Å². The first-order valence-corrected chi connectivity index (χ1v) is 7.50. The predicted molar refractivity (Wildman–Crippen MR) is 82.3 cm³/mol. The summed E-state index contributed by atoms with van der Waals surface area (Å²) in [5, 5.41) is 9.02. The molecule has 1 aliphatic heterocycles. The fourth-order valence-corrected chi connectivity index (χ4v) is 2.81. The van der Waals surface area contributed by atoms with Gasteiger partial charge in [-0.1, -0.05) is 18.2 Å². The standard InChI is InChI=1S/C17H17FN2O3/c18-14-5-1-2-6-15(14)23-16-13(4-3-9-19-16)12-7-10-20(11-8-12)17(21)22/h1-6,9,12H,7-8,10-11H2,(H,21,22). The third-order valence-electron chi connectivity index (χ3n) is 4.05. The van der Waals surface area contributed by atoms with E-state index in [9.17, 15) is 9.18 Å². The molecule has 2 aromatic rings. The van der Waals surface area contributed by atoms with Crippen LogP contribution < -0.4 is 4.74 Å². The molecule has 1 aromatic carbocycles. The lowest BCUT2D eigenvalue weighted by molar-refractivity contribution is 0.132. The third-order valence-corrected chi connectivity index (χ3v) is 4.05. The van der Waals surface area contributed by atoms with Crippen molar-refractivity contribution in [3.8, 4) is 11.6 Å². The van der Waals surface area contributed by atoms with Crippen molar-refractivity contribution in [2.45, 2.75) is 18.8 Å². The minimum atomic E-state index is -0.891. The van der Waals surface area contributed by atoms with Crippen molar-refractivity contribution in [1.29, 1.82) is 0 Å². The summed E-state index contributed by atoms with van der Waals surface area (Å²) in [5.74, 6) is 0.229. The van der Waals surface area contributed by atoms with Crippen molar-refractivity contribution in [2.24, 2.45) is 0 Å². The van der Waals surface area contributed by atoms with Crippen molar-refractivity contribution in [1.82, 2.24) is 9.88 Å². The summed E-state index contributed by atoms with van der Waals surface area (Å²) in [7, 11) is 0. The van der Waals surface area contributed by atoms with Crippen molar-refractivity contribution in [2.75, 3.05) is 13.1 Å². The molecule has 6 heteroatoms. The smallest absolute Gasteiger partial charge is 0.407 e. The fraction of sp³-hybridized carbons (Fsp3) is 0.294. The van der Waals surface area contributed by atoms with Crippen LogP contribution in [0, 0.1) is 5.82 Å². The Hall–Kier alpha value is -2.63. The molecule has 1 aromatic heterocycles. The normalized spacial score (nSPS) is 15.4. The van der Waals surface area contributed by atoms with Crippen LogP contribution in [0.2, 0.25) is 0 Å². The number of amides is 1. The average molecular weight is 316 g/mol. The number of rotatable bonds is 3. The average Bonchev–Trinajstić information content (AvgIpc) is 2.57. The molecular formula is C17H17FN2O3. The number of halogens is 1. The highest BCUT2D eigenvalue weighted by atomic mass is 19.1. The Morgan fingerprint density at radius 2 is 1.96 bits per heavy atom. The van der Waals surface area contributed by atoms with Gasteiger partial charge in [-0.15, -0.1) is 0 Å². The lowest BCUT2D eigenvalue weighted by Crippen LogP contribution is -2.36. The minimum absolute atomic E-state index is 0.135. The molecule has 1 amide bonds. The number of nitrogens with zero attached hydrogens (tertiary/aromatic N) is 2. The Labute approximate surface area is 133 Å². The van der Waals surface area contributed by atoms with E-state index in [1.807, 2.05) is 12.1 Å². The summed E-state index contributed by atoms with van der Waals surface area (Å²) >= 11 is 0. The number of hydrogen-bond donors (Lipinski definition) is 1. The second-order valence-electron chi connectivity index (χ2n) is 5.47. The van der Waals surface area contributed by atoms with Crippen LogP contribution in [0.1, 0.15) is 24.3 Å². The molecule has 5 nitrogen and oxygen atoms in total. The Morgan fingerprint density at radius 3 is 2.65 bits per heavy atom. The quantitative estimate of drug-likeness (QED) is 0.933. The zero-order chi connectivity index (χ0) is 16.2. The zero-order valence-corrected chi connectivity index (χ0v) is 12.5. The van der Waals surface area contributed by atoms with Crippen molar-refractivity contribution < 1.29 is 19.0 Å². The number of carbonyl (C=O) groups is 1. The number of carboxylic acid groups (broad SMARTS) is 1. The van der Waals surface area contributed by atoms with Gasteiger partial charge in [0.2, 0.25) is 5.88 Å². The molecule has 1 aliphatic rings. The van der Waals surface area contributed by atoms with Crippen molar-refractivity contribution >= 4 is 6.09 Å². The van der Waals surface area contributed by atoms with Crippen LogP contribution in [0.3, 0.4) is 0 Å². The molecule has 120 valence electrons. The molecule has 1 N–H and O–H groups in total. The lowest BCUT2D eigenvalue weighted by Gasteiger charge is -2.30. The molecule has 0 spiro atoms. The summed E-state index contributed by atoms with van der Waals surface area (Å²) in [6.07, 6.45) is 2.11. The van der Waals surface area contributed by atoms with Gasteiger partial charge in [0.05, 0.1) is 0 Å². The highest BCUT2D eigenvalue weighted by Gasteiger charge is 2.26. The van der Waals surface area contributed by atoms with Crippen molar-refractivity contribution in [3.63, 3.8) is 0 Å². The monoisotopic (exact) mass is 316 g/mol. The van der Waals surface area contributed by atoms with E-state index >= 15 is 0 Å². The maximum absolute atomic E-state index is 13.8. The summed E-state index contributed by atoms with van der Waals surface area (Å²) in [6, 6.07) is 9.91. The topological polar surface area (TPSA) is 62.7 Å². The largest absolute Gasteiger partial charge is 0.465 e. The number of hydrogen-bond acceptors (Lipinski definition) is 3. The number of piperidine rings is 1. The Bertz CT molecular complexity index is 700. The van der Waals surface area contributed by atoms with E-state index in [2.05, 4.69) is 4.98 Å². The SMILES string of the molecule is O=C(O)N1CCC(c2cccnc2Oc2ccccc2F)CC1. The van der Waals surface area contributed by atoms with Gasteiger partial charge in [-0.05, 0) is 37.0 Å². The molecule has 3 rings (SSSR count). The summed E-state index contributed by atoms with van der Waals surface area (Å²) in [4.78, 5) is 16.6. The first-order valence-electron chi connectivity index (χ1n) is 7.50. The van der Waals surface area contributed by atoms with Gasteiger partial charge in [-0.2, -0.15) is 0 Å². The number of likely N-dealkylation sites (tertiary alicyclic amines) is 1. The molecular weight excluding hydrogens is 299 g/mol. The van der Waals surface area contributed by atoms with Crippen LogP contribution in [0.15, 0.2) is 42.6 Å². The van der Waals surface area contributed by atoms with Crippen LogP contribution >= 0.6 is 0 Å². The second-order valence-corrected chi connectivity index (χ2v) is 5.47. The van der Waals surface area contributed by atoms with Crippen LogP contribution in [0.4, 0.5) is 9.18 Å². The van der Waals surface area contributed by atoms with Gasteiger partial charge < -0.3 is 14.7 Å². The fourth-order valence-electron chi connectivity index (χ4n) is 2.81. The molecule has 1 saturated heterocycles.